The second kappa shape index (κ2) is 9.10. The molecule has 3 heterocycles. The van der Waals surface area contributed by atoms with E-state index in [2.05, 4.69) is 31.4 Å². The van der Waals surface area contributed by atoms with E-state index in [9.17, 15) is 0 Å². The molecule has 2 aromatic carbocycles. The number of aryl methyl sites for hydroxylation is 1. The topological polar surface area (TPSA) is 106 Å². The van der Waals surface area contributed by atoms with E-state index in [1.807, 2.05) is 41.8 Å². The van der Waals surface area contributed by atoms with Crippen molar-refractivity contribution in [1.82, 2.24) is 29.9 Å². The minimum Gasteiger partial charge on any atom is -0.417 e. The third-order valence-electron chi connectivity index (χ3n) is 5.00. The van der Waals surface area contributed by atoms with E-state index in [1.54, 1.807) is 48.7 Å². The van der Waals surface area contributed by atoms with Crippen LogP contribution in [0.2, 0.25) is 5.02 Å². The molecule has 34 heavy (non-hydrogen) atoms. The van der Waals surface area contributed by atoms with Crippen LogP contribution in [0.1, 0.15) is 22.8 Å². The summed E-state index contributed by atoms with van der Waals surface area (Å²) < 4.78 is 7.58. The number of pyridine rings is 1. The summed E-state index contributed by atoms with van der Waals surface area (Å²) >= 11 is 6.50. The van der Waals surface area contributed by atoms with E-state index < -0.39 is 0 Å². The van der Waals surface area contributed by atoms with Crippen LogP contribution in [0.25, 0.3) is 40.8 Å². The third-order valence-corrected chi connectivity index (χ3v) is 5.32. The van der Waals surface area contributed by atoms with Crippen molar-refractivity contribution in [3.63, 3.8) is 0 Å². The highest BCUT2D eigenvalue weighted by molar-refractivity contribution is 6.32. The van der Waals surface area contributed by atoms with Crippen LogP contribution in [0.3, 0.4) is 0 Å². The maximum Gasteiger partial charge on any atom is 0.248 e. The minimum atomic E-state index is 0.295. The monoisotopic (exact) mass is 465 g/mol. The molecular weight excluding hydrogens is 450 g/mol. The van der Waals surface area contributed by atoms with E-state index in [-0.39, 0.29) is 0 Å². The molecule has 0 aliphatic carbocycles. The van der Waals surface area contributed by atoms with Gasteiger partial charge >= 0.3 is 0 Å². The molecule has 0 saturated carbocycles. The Hall–Kier alpha value is -4.61. The first-order valence-corrected chi connectivity index (χ1v) is 10.7. The lowest BCUT2D eigenvalue weighted by Gasteiger charge is -2.10. The SMILES string of the molecule is Cc1ccc(-c2nnc(/C=C/c3nnc(-c4ccc(C#N)cc4)o3)n2-c2ccccc2Cl)nc1. The summed E-state index contributed by atoms with van der Waals surface area (Å²) in [6.45, 7) is 1.97. The predicted octanol–water partition coefficient (Wildman–Crippen LogP) is 5.38. The molecule has 0 N–H and O–H groups in total. The standard InChI is InChI=1S/C25H16ClN7O/c1-16-6-11-20(28-15-16)24-31-29-22(33(24)21-5-3-2-4-19(21)26)12-13-23-30-32-25(34-23)18-9-7-17(14-27)8-10-18/h2-13,15H,1H3/b13-12+. The first-order chi connectivity index (χ1) is 16.6. The second-order valence-electron chi connectivity index (χ2n) is 7.36. The number of hydrogen-bond donors (Lipinski definition) is 0. The number of para-hydroxylation sites is 1. The van der Waals surface area contributed by atoms with Crippen LogP contribution in [0.5, 0.6) is 0 Å². The molecule has 5 aromatic rings. The van der Waals surface area contributed by atoms with Crippen LogP contribution in [0.4, 0.5) is 0 Å². The lowest BCUT2D eigenvalue weighted by Crippen LogP contribution is -2.02. The van der Waals surface area contributed by atoms with Gasteiger partial charge in [-0.05, 0) is 61.0 Å². The zero-order valence-corrected chi connectivity index (χ0v) is 18.7. The third kappa shape index (κ3) is 4.20. The summed E-state index contributed by atoms with van der Waals surface area (Å²) in [5, 5.41) is 26.4. The average Bonchev–Trinajstić information content (AvgIpc) is 3.51. The zero-order chi connectivity index (χ0) is 23.5. The highest BCUT2D eigenvalue weighted by atomic mass is 35.5. The molecule has 0 fully saturated rings. The lowest BCUT2D eigenvalue weighted by atomic mass is 10.1. The Morgan fingerprint density at radius 3 is 2.50 bits per heavy atom. The van der Waals surface area contributed by atoms with Crippen molar-refractivity contribution in [3.8, 4) is 34.7 Å². The Kier molecular flexibility index (Phi) is 5.68. The first-order valence-electron chi connectivity index (χ1n) is 10.3. The smallest absolute Gasteiger partial charge is 0.248 e. The number of halogens is 1. The highest BCUT2D eigenvalue weighted by Gasteiger charge is 2.17. The van der Waals surface area contributed by atoms with Crippen LogP contribution in [-0.4, -0.2) is 29.9 Å². The van der Waals surface area contributed by atoms with Gasteiger partial charge in [0.15, 0.2) is 11.6 Å². The van der Waals surface area contributed by atoms with Gasteiger partial charge in [-0.1, -0.05) is 29.8 Å². The van der Waals surface area contributed by atoms with Crippen molar-refractivity contribution in [1.29, 1.82) is 5.26 Å². The summed E-state index contributed by atoms with van der Waals surface area (Å²) in [5.41, 5.74) is 3.70. The highest BCUT2D eigenvalue weighted by Crippen LogP contribution is 2.28. The van der Waals surface area contributed by atoms with Gasteiger partial charge in [-0.25, -0.2) is 0 Å². The Bertz CT molecular complexity index is 1530. The summed E-state index contributed by atoms with van der Waals surface area (Å²) in [5.74, 6) is 1.71. The summed E-state index contributed by atoms with van der Waals surface area (Å²) in [6, 6.07) is 20.3. The number of aromatic nitrogens is 6. The molecule has 0 aliphatic rings. The zero-order valence-electron chi connectivity index (χ0n) is 17.9. The van der Waals surface area contributed by atoms with Crippen LogP contribution in [0.15, 0.2) is 71.3 Å². The van der Waals surface area contributed by atoms with Gasteiger partial charge in [0.05, 0.1) is 22.3 Å². The molecule has 0 saturated heterocycles. The van der Waals surface area contributed by atoms with Crippen molar-refractivity contribution >= 4 is 23.8 Å². The minimum absolute atomic E-state index is 0.295. The first kappa shape index (κ1) is 21.2. The van der Waals surface area contributed by atoms with Crippen LogP contribution < -0.4 is 0 Å². The molecule has 3 aromatic heterocycles. The van der Waals surface area contributed by atoms with Gasteiger partial charge < -0.3 is 4.42 Å². The van der Waals surface area contributed by atoms with Gasteiger partial charge in [-0.3, -0.25) is 9.55 Å². The largest absolute Gasteiger partial charge is 0.417 e. The molecule has 5 rings (SSSR count). The molecule has 9 heteroatoms. The van der Waals surface area contributed by atoms with Crippen molar-refractivity contribution < 1.29 is 4.42 Å². The predicted molar refractivity (Wildman–Crippen MR) is 128 cm³/mol. The van der Waals surface area contributed by atoms with E-state index in [0.29, 0.717) is 39.7 Å². The van der Waals surface area contributed by atoms with Gasteiger partial charge in [-0.15, -0.1) is 20.4 Å². The molecule has 0 bridgehead atoms. The van der Waals surface area contributed by atoms with Crippen molar-refractivity contribution in [2.24, 2.45) is 0 Å². The van der Waals surface area contributed by atoms with Crippen LogP contribution >= 0.6 is 11.6 Å². The molecule has 0 atom stereocenters. The lowest BCUT2D eigenvalue weighted by molar-refractivity contribution is 0.558. The number of hydrogen-bond acceptors (Lipinski definition) is 7. The fraction of sp³-hybridized carbons (Fsp3) is 0.0400. The second-order valence-corrected chi connectivity index (χ2v) is 7.76. The van der Waals surface area contributed by atoms with Gasteiger partial charge in [0.25, 0.3) is 0 Å². The molecule has 0 radical (unpaired) electrons. The fourth-order valence-corrected chi connectivity index (χ4v) is 3.51. The van der Waals surface area contributed by atoms with Crippen molar-refractivity contribution in [2.75, 3.05) is 0 Å². The Morgan fingerprint density at radius 2 is 1.76 bits per heavy atom. The molecular formula is C25H16ClN7O. The Morgan fingerprint density at radius 1 is 0.941 bits per heavy atom. The maximum atomic E-state index is 8.95. The Balaban J connectivity index is 1.52. The van der Waals surface area contributed by atoms with Crippen molar-refractivity contribution in [2.45, 2.75) is 6.92 Å². The average molecular weight is 466 g/mol. The van der Waals surface area contributed by atoms with Gasteiger partial charge in [-0.2, -0.15) is 5.26 Å². The molecule has 8 nitrogen and oxygen atoms in total. The van der Waals surface area contributed by atoms with Gasteiger partial charge in [0.1, 0.15) is 5.69 Å². The van der Waals surface area contributed by atoms with Gasteiger partial charge in [0.2, 0.25) is 11.8 Å². The van der Waals surface area contributed by atoms with E-state index in [0.717, 1.165) is 16.8 Å². The van der Waals surface area contributed by atoms with E-state index in [1.165, 1.54) is 0 Å². The number of rotatable bonds is 5. The van der Waals surface area contributed by atoms with Crippen molar-refractivity contribution in [3.05, 3.63) is 94.7 Å². The maximum absolute atomic E-state index is 8.95. The molecule has 0 amide bonds. The van der Waals surface area contributed by atoms with E-state index in [4.69, 9.17) is 21.3 Å². The normalized spacial score (nSPS) is 11.1. The summed E-state index contributed by atoms with van der Waals surface area (Å²) in [4.78, 5) is 4.49. The molecule has 0 unspecified atom stereocenters. The van der Waals surface area contributed by atoms with Crippen LogP contribution in [0, 0.1) is 18.3 Å². The number of nitrogens with zero attached hydrogens (tertiary/aromatic N) is 7. The summed E-state index contributed by atoms with van der Waals surface area (Å²) in [7, 11) is 0. The fourth-order valence-electron chi connectivity index (χ4n) is 3.29. The van der Waals surface area contributed by atoms with Crippen LogP contribution in [-0.2, 0) is 0 Å². The number of nitriles is 1. The van der Waals surface area contributed by atoms with Gasteiger partial charge in [0, 0.05) is 17.8 Å². The van der Waals surface area contributed by atoms with E-state index >= 15 is 0 Å². The molecule has 164 valence electrons. The summed E-state index contributed by atoms with van der Waals surface area (Å²) in [6.07, 6.45) is 5.16. The molecule has 0 aliphatic heterocycles. The quantitative estimate of drug-likeness (QED) is 0.342. The Labute approximate surface area is 199 Å². The molecule has 0 spiro atoms. The number of benzene rings is 2.